The molecule has 2 aromatic carbocycles. The molecule has 0 fully saturated rings. The number of aryl methyl sites for hydroxylation is 1. The van der Waals surface area contributed by atoms with E-state index in [4.69, 9.17) is 16.9 Å². The van der Waals surface area contributed by atoms with Crippen molar-refractivity contribution in [3.63, 3.8) is 0 Å². The Balaban J connectivity index is 2.48. The van der Waals surface area contributed by atoms with Crippen LogP contribution in [-0.4, -0.2) is 0 Å². The number of hydrogen-bond donors (Lipinski definition) is 1. The van der Waals surface area contributed by atoms with Crippen LogP contribution in [0.2, 0.25) is 5.02 Å². The Morgan fingerprint density at radius 2 is 1.76 bits per heavy atom. The average Bonchev–Trinajstić information content (AvgIpc) is 2.41. The Morgan fingerprint density at radius 3 is 2.38 bits per heavy atom. The van der Waals surface area contributed by atoms with Gasteiger partial charge in [0.2, 0.25) is 0 Å². The number of nitriles is 1. The van der Waals surface area contributed by atoms with Crippen LogP contribution < -0.4 is 5.32 Å². The van der Waals surface area contributed by atoms with Crippen LogP contribution >= 0.6 is 11.6 Å². The summed E-state index contributed by atoms with van der Waals surface area (Å²) in [6.45, 7) is 1.80. The predicted octanol–water partition coefficient (Wildman–Crippen LogP) is 5.28. The fourth-order valence-electron chi connectivity index (χ4n) is 1.86. The van der Waals surface area contributed by atoms with E-state index in [1.54, 1.807) is 25.1 Å². The second kappa shape index (κ2) is 5.66. The Hall–Kier alpha value is -2.19. The number of nitrogens with one attached hydrogen (secondary N) is 1. The van der Waals surface area contributed by atoms with Crippen molar-refractivity contribution in [2.45, 2.75) is 13.1 Å². The molecule has 2 rings (SSSR count). The van der Waals surface area contributed by atoms with Crippen LogP contribution in [0.3, 0.4) is 0 Å². The molecule has 0 radical (unpaired) electrons. The number of anilines is 2. The third-order valence-electron chi connectivity index (χ3n) is 2.85. The van der Waals surface area contributed by atoms with Crippen LogP contribution in [0, 0.1) is 18.3 Å². The lowest BCUT2D eigenvalue weighted by atomic mass is 10.1. The summed E-state index contributed by atoms with van der Waals surface area (Å²) in [5.41, 5.74) is 0.421. The quantitative estimate of drug-likeness (QED) is 0.819. The minimum atomic E-state index is -4.54. The van der Waals surface area contributed by atoms with Crippen molar-refractivity contribution < 1.29 is 13.2 Å². The lowest BCUT2D eigenvalue weighted by molar-refractivity contribution is -0.136. The highest BCUT2D eigenvalue weighted by Crippen LogP contribution is 2.38. The van der Waals surface area contributed by atoms with Crippen molar-refractivity contribution in [1.29, 1.82) is 5.26 Å². The number of rotatable bonds is 2. The summed E-state index contributed by atoms with van der Waals surface area (Å²) in [6.07, 6.45) is -4.54. The summed E-state index contributed by atoms with van der Waals surface area (Å²) in [7, 11) is 0. The van der Waals surface area contributed by atoms with Gasteiger partial charge in [0.15, 0.2) is 0 Å². The van der Waals surface area contributed by atoms with Crippen LogP contribution in [-0.2, 0) is 6.18 Å². The van der Waals surface area contributed by atoms with Gasteiger partial charge < -0.3 is 5.32 Å². The molecule has 0 aliphatic carbocycles. The second-order valence-corrected chi connectivity index (χ2v) is 4.91. The lowest BCUT2D eigenvalue weighted by Crippen LogP contribution is -2.09. The van der Waals surface area contributed by atoms with Crippen molar-refractivity contribution >= 4 is 23.0 Å². The van der Waals surface area contributed by atoms with E-state index < -0.39 is 11.7 Å². The van der Waals surface area contributed by atoms with Crippen molar-refractivity contribution in [2.75, 3.05) is 5.32 Å². The predicted molar refractivity (Wildman–Crippen MR) is 75.6 cm³/mol. The fourth-order valence-corrected chi connectivity index (χ4v) is 2.04. The first-order valence-electron chi connectivity index (χ1n) is 5.96. The third-order valence-corrected chi connectivity index (χ3v) is 3.09. The Labute approximate surface area is 124 Å². The molecule has 0 unspecified atom stereocenters. The van der Waals surface area contributed by atoms with Crippen LogP contribution in [0.5, 0.6) is 0 Å². The van der Waals surface area contributed by atoms with Gasteiger partial charge in [0.1, 0.15) is 6.07 Å². The number of hydrogen-bond acceptors (Lipinski definition) is 2. The molecule has 0 spiro atoms. The van der Waals surface area contributed by atoms with Gasteiger partial charge in [-0.05, 0) is 42.8 Å². The molecule has 0 aliphatic rings. The van der Waals surface area contributed by atoms with Gasteiger partial charge >= 0.3 is 6.18 Å². The maximum Gasteiger partial charge on any atom is 0.418 e. The van der Waals surface area contributed by atoms with E-state index in [1.807, 2.05) is 6.07 Å². The van der Waals surface area contributed by atoms with E-state index in [0.717, 1.165) is 11.6 Å². The van der Waals surface area contributed by atoms with Crippen LogP contribution in [0.4, 0.5) is 24.5 Å². The summed E-state index contributed by atoms with van der Waals surface area (Å²) >= 11 is 5.63. The van der Waals surface area contributed by atoms with Crippen molar-refractivity contribution in [3.05, 3.63) is 58.1 Å². The zero-order valence-electron chi connectivity index (χ0n) is 10.9. The second-order valence-electron chi connectivity index (χ2n) is 4.47. The first-order chi connectivity index (χ1) is 9.81. The summed E-state index contributed by atoms with van der Waals surface area (Å²) in [5.74, 6) is 0. The van der Waals surface area contributed by atoms with Gasteiger partial charge in [-0.15, -0.1) is 0 Å². The highest BCUT2D eigenvalue weighted by molar-refractivity contribution is 6.30. The molecule has 0 aliphatic heterocycles. The van der Waals surface area contributed by atoms with Gasteiger partial charge in [0.05, 0.1) is 22.5 Å². The largest absolute Gasteiger partial charge is 0.418 e. The number of benzene rings is 2. The van der Waals surface area contributed by atoms with Crippen LogP contribution in [0.15, 0.2) is 36.4 Å². The Morgan fingerprint density at radius 1 is 1.10 bits per heavy atom. The number of nitrogens with zero attached hydrogens (tertiary/aromatic N) is 1. The van der Waals surface area contributed by atoms with Crippen LogP contribution in [0.1, 0.15) is 16.7 Å². The Kier molecular flexibility index (Phi) is 4.10. The summed E-state index contributed by atoms with van der Waals surface area (Å²) in [6, 6.07) is 10.3. The highest BCUT2D eigenvalue weighted by atomic mass is 35.5. The van der Waals surface area contributed by atoms with Crippen molar-refractivity contribution in [1.82, 2.24) is 0 Å². The molecule has 0 aromatic heterocycles. The SMILES string of the molecule is Cc1ccc(Nc2ccc(Cl)cc2C(F)(F)F)c(C#N)c1. The molecule has 0 amide bonds. The maximum atomic E-state index is 13.0. The number of halogens is 4. The smallest absolute Gasteiger partial charge is 0.354 e. The zero-order valence-corrected chi connectivity index (χ0v) is 11.7. The molecule has 0 atom stereocenters. The van der Waals surface area contributed by atoms with E-state index in [0.29, 0.717) is 5.69 Å². The first-order valence-corrected chi connectivity index (χ1v) is 6.33. The molecule has 6 heteroatoms. The molecule has 0 saturated carbocycles. The molecule has 2 nitrogen and oxygen atoms in total. The van der Waals surface area contributed by atoms with Crippen molar-refractivity contribution in [3.8, 4) is 6.07 Å². The summed E-state index contributed by atoms with van der Waals surface area (Å²) in [4.78, 5) is 0. The minimum Gasteiger partial charge on any atom is -0.354 e. The standard InChI is InChI=1S/C15H10ClF3N2/c1-9-2-4-13(10(6-9)8-20)21-14-5-3-11(16)7-12(14)15(17,18)19/h2-7,21H,1H3. The minimum absolute atomic E-state index is 0.00251. The van der Waals surface area contributed by atoms with E-state index in [2.05, 4.69) is 5.32 Å². The molecular formula is C15H10ClF3N2. The van der Waals surface area contributed by atoms with Gasteiger partial charge in [-0.3, -0.25) is 0 Å². The highest BCUT2D eigenvalue weighted by Gasteiger charge is 2.34. The zero-order chi connectivity index (χ0) is 15.6. The number of alkyl halides is 3. The summed E-state index contributed by atoms with van der Waals surface area (Å²) < 4.78 is 39.0. The van der Waals surface area contributed by atoms with Crippen molar-refractivity contribution in [2.24, 2.45) is 0 Å². The summed E-state index contributed by atoms with van der Waals surface area (Å²) in [5, 5.41) is 11.7. The van der Waals surface area contributed by atoms with Crippen LogP contribution in [0.25, 0.3) is 0 Å². The van der Waals surface area contributed by atoms with Gasteiger partial charge in [0, 0.05) is 5.02 Å². The molecule has 108 valence electrons. The van der Waals surface area contributed by atoms with E-state index in [-0.39, 0.29) is 16.3 Å². The average molecular weight is 311 g/mol. The molecule has 1 N–H and O–H groups in total. The first kappa shape index (κ1) is 15.2. The van der Waals surface area contributed by atoms with E-state index >= 15 is 0 Å². The van der Waals surface area contributed by atoms with Gasteiger partial charge in [-0.2, -0.15) is 18.4 Å². The maximum absolute atomic E-state index is 13.0. The molecule has 0 bridgehead atoms. The molecule has 2 aromatic rings. The molecule has 21 heavy (non-hydrogen) atoms. The van der Waals surface area contributed by atoms with E-state index in [9.17, 15) is 13.2 Å². The topological polar surface area (TPSA) is 35.8 Å². The van der Waals surface area contributed by atoms with Gasteiger partial charge in [-0.1, -0.05) is 17.7 Å². The van der Waals surface area contributed by atoms with Gasteiger partial charge in [0.25, 0.3) is 0 Å². The molecule has 0 heterocycles. The monoisotopic (exact) mass is 310 g/mol. The molecular weight excluding hydrogens is 301 g/mol. The molecule has 0 saturated heterocycles. The lowest BCUT2D eigenvalue weighted by Gasteiger charge is -2.16. The van der Waals surface area contributed by atoms with E-state index in [1.165, 1.54) is 12.1 Å². The fraction of sp³-hybridized carbons (Fsp3) is 0.133. The third kappa shape index (κ3) is 3.47. The normalized spacial score (nSPS) is 11.0. The Bertz CT molecular complexity index is 718. The van der Waals surface area contributed by atoms with Gasteiger partial charge in [-0.25, -0.2) is 0 Å².